The minimum Gasteiger partial charge on any atom is -0.489 e. The van der Waals surface area contributed by atoms with E-state index in [0.29, 0.717) is 29.1 Å². The van der Waals surface area contributed by atoms with E-state index in [-0.39, 0.29) is 11.2 Å². The quantitative estimate of drug-likeness (QED) is 0.445. The molecule has 0 spiro atoms. The van der Waals surface area contributed by atoms with E-state index in [1.807, 2.05) is 62.4 Å². The van der Waals surface area contributed by atoms with Crippen molar-refractivity contribution in [3.63, 3.8) is 0 Å². The summed E-state index contributed by atoms with van der Waals surface area (Å²) in [6.45, 7) is 4.49. The highest BCUT2D eigenvalue weighted by Gasteiger charge is 2.10. The number of aryl methyl sites for hydroxylation is 2. The molecule has 0 aliphatic rings. The van der Waals surface area contributed by atoms with Crippen molar-refractivity contribution in [2.75, 3.05) is 0 Å². The molecule has 0 radical (unpaired) electrons. The Morgan fingerprint density at radius 3 is 2.18 bits per heavy atom. The van der Waals surface area contributed by atoms with E-state index in [1.165, 1.54) is 11.8 Å². The SMILES string of the molecule is Cc1ccc(COc2ccc3c(=O)c(Oc4ccc(C)cc4)coc3c2)cc1. The summed E-state index contributed by atoms with van der Waals surface area (Å²) < 4.78 is 17.1. The summed E-state index contributed by atoms with van der Waals surface area (Å²) in [5.74, 6) is 1.39. The highest BCUT2D eigenvalue weighted by Crippen LogP contribution is 2.24. The van der Waals surface area contributed by atoms with Crippen molar-refractivity contribution in [2.45, 2.75) is 20.5 Å². The first-order valence-electron chi connectivity index (χ1n) is 9.07. The molecule has 0 aliphatic heterocycles. The van der Waals surface area contributed by atoms with Gasteiger partial charge in [0.25, 0.3) is 0 Å². The third-order valence-corrected chi connectivity index (χ3v) is 4.49. The zero-order valence-corrected chi connectivity index (χ0v) is 15.8. The van der Waals surface area contributed by atoms with Crippen LogP contribution >= 0.6 is 0 Å². The van der Waals surface area contributed by atoms with Crippen LogP contribution in [0.2, 0.25) is 0 Å². The molecule has 4 aromatic rings. The first-order chi connectivity index (χ1) is 13.6. The van der Waals surface area contributed by atoms with Gasteiger partial charge in [-0.15, -0.1) is 0 Å². The standard InChI is InChI=1S/C24H20O4/c1-16-3-7-18(8-4-16)14-26-20-11-12-21-22(13-20)27-15-23(24(21)25)28-19-9-5-17(2)6-10-19/h3-13,15H,14H2,1-2H3. The summed E-state index contributed by atoms with van der Waals surface area (Å²) in [5.41, 5.74) is 3.65. The van der Waals surface area contributed by atoms with Crippen molar-refractivity contribution in [2.24, 2.45) is 0 Å². The van der Waals surface area contributed by atoms with Gasteiger partial charge in [-0.2, -0.15) is 0 Å². The van der Waals surface area contributed by atoms with Gasteiger partial charge in [0.05, 0.1) is 5.39 Å². The summed E-state index contributed by atoms with van der Waals surface area (Å²) in [6, 6.07) is 20.8. The van der Waals surface area contributed by atoms with Gasteiger partial charge in [-0.25, -0.2) is 0 Å². The minimum absolute atomic E-state index is 0.157. The Balaban J connectivity index is 1.54. The lowest BCUT2D eigenvalue weighted by Gasteiger charge is -2.09. The zero-order chi connectivity index (χ0) is 19.5. The Morgan fingerprint density at radius 1 is 0.821 bits per heavy atom. The summed E-state index contributed by atoms with van der Waals surface area (Å²) in [7, 11) is 0. The Morgan fingerprint density at radius 2 is 1.46 bits per heavy atom. The van der Waals surface area contributed by atoms with E-state index in [9.17, 15) is 4.79 Å². The molecular formula is C24H20O4. The molecule has 0 N–H and O–H groups in total. The summed E-state index contributed by atoms with van der Waals surface area (Å²) in [5, 5.41) is 0.451. The van der Waals surface area contributed by atoms with Crippen LogP contribution in [0.25, 0.3) is 11.0 Å². The summed E-state index contributed by atoms with van der Waals surface area (Å²) in [4.78, 5) is 12.7. The second-order valence-electron chi connectivity index (χ2n) is 6.78. The Labute approximate surface area is 163 Å². The number of rotatable bonds is 5. The lowest BCUT2D eigenvalue weighted by Crippen LogP contribution is -2.05. The average molecular weight is 372 g/mol. The van der Waals surface area contributed by atoms with Crippen molar-refractivity contribution >= 4 is 11.0 Å². The normalized spacial score (nSPS) is 10.8. The van der Waals surface area contributed by atoms with E-state index < -0.39 is 0 Å². The van der Waals surface area contributed by atoms with Crippen LogP contribution in [-0.2, 0) is 6.61 Å². The largest absolute Gasteiger partial charge is 0.489 e. The molecule has 0 saturated carbocycles. The molecule has 4 rings (SSSR count). The summed E-state index contributed by atoms with van der Waals surface area (Å²) in [6.07, 6.45) is 1.34. The fourth-order valence-corrected chi connectivity index (χ4v) is 2.84. The highest BCUT2D eigenvalue weighted by molar-refractivity contribution is 5.79. The Hall–Kier alpha value is -3.53. The van der Waals surface area contributed by atoms with Gasteiger partial charge in [0, 0.05) is 6.07 Å². The van der Waals surface area contributed by atoms with Crippen LogP contribution < -0.4 is 14.9 Å². The first-order valence-corrected chi connectivity index (χ1v) is 9.07. The van der Waals surface area contributed by atoms with Crippen LogP contribution in [0.4, 0.5) is 0 Å². The molecule has 3 aromatic carbocycles. The van der Waals surface area contributed by atoms with Crippen molar-refractivity contribution in [1.82, 2.24) is 0 Å². The number of hydrogen-bond acceptors (Lipinski definition) is 4. The van der Waals surface area contributed by atoms with Gasteiger partial charge in [-0.1, -0.05) is 47.5 Å². The van der Waals surface area contributed by atoms with Crippen LogP contribution in [0.5, 0.6) is 17.2 Å². The molecule has 0 unspecified atom stereocenters. The molecule has 0 bridgehead atoms. The topological polar surface area (TPSA) is 48.7 Å². The Kier molecular flexibility index (Phi) is 4.85. The van der Waals surface area contributed by atoms with Crippen molar-refractivity contribution in [3.05, 3.63) is 99.9 Å². The van der Waals surface area contributed by atoms with Crippen LogP contribution in [0.15, 0.2) is 82.2 Å². The molecule has 140 valence electrons. The lowest BCUT2D eigenvalue weighted by molar-refractivity contribution is 0.306. The van der Waals surface area contributed by atoms with E-state index in [2.05, 4.69) is 0 Å². The van der Waals surface area contributed by atoms with Crippen molar-refractivity contribution in [3.8, 4) is 17.2 Å². The molecule has 0 fully saturated rings. The molecule has 4 heteroatoms. The smallest absolute Gasteiger partial charge is 0.235 e. The van der Waals surface area contributed by atoms with Gasteiger partial charge in [-0.3, -0.25) is 4.79 Å². The fraction of sp³-hybridized carbons (Fsp3) is 0.125. The number of fused-ring (bicyclic) bond motifs is 1. The fourth-order valence-electron chi connectivity index (χ4n) is 2.84. The Bertz CT molecular complexity index is 1160. The number of hydrogen-bond donors (Lipinski definition) is 0. The summed E-state index contributed by atoms with van der Waals surface area (Å²) >= 11 is 0. The lowest BCUT2D eigenvalue weighted by atomic mass is 10.2. The minimum atomic E-state index is -0.216. The van der Waals surface area contributed by atoms with Crippen LogP contribution in [-0.4, -0.2) is 0 Å². The molecular weight excluding hydrogens is 352 g/mol. The van der Waals surface area contributed by atoms with E-state index in [4.69, 9.17) is 13.9 Å². The molecule has 1 heterocycles. The molecule has 0 amide bonds. The van der Waals surface area contributed by atoms with Crippen molar-refractivity contribution < 1.29 is 13.9 Å². The van der Waals surface area contributed by atoms with Crippen LogP contribution in [0.1, 0.15) is 16.7 Å². The van der Waals surface area contributed by atoms with Crippen LogP contribution in [0.3, 0.4) is 0 Å². The van der Waals surface area contributed by atoms with E-state index in [1.54, 1.807) is 18.2 Å². The monoisotopic (exact) mass is 372 g/mol. The highest BCUT2D eigenvalue weighted by atomic mass is 16.5. The van der Waals surface area contributed by atoms with Gasteiger partial charge in [-0.05, 0) is 43.7 Å². The number of benzene rings is 3. The van der Waals surface area contributed by atoms with Gasteiger partial charge in [0.1, 0.15) is 30.0 Å². The van der Waals surface area contributed by atoms with E-state index >= 15 is 0 Å². The van der Waals surface area contributed by atoms with Gasteiger partial charge < -0.3 is 13.9 Å². The van der Waals surface area contributed by atoms with Gasteiger partial charge in [0.15, 0.2) is 0 Å². The maximum Gasteiger partial charge on any atom is 0.235 e. The maximum absolute atomic E-state index is 12.7. The van der Waals surface area contributed by atoms with Crippen LogP contribution in [0, 0.1) is 13.8 Å². The van der Waals surface area contributed by atoms with Crippen molar-refractivity contribution in [1.29, 1.82) is 0 Å². The second kappa shape index (κ2) is 7.61. The molecule has 0 saturated heterocycles. The third-order valence-electron chi connectivity index (χ3n) is 4.49. The molecule has 28 heavy (non-hydrogen) atoms. The second-order valence-corrected chi connectivity index (χ2v) is 6.78. The molecule has 1 aromatic heterocycles. The zero-order valence-electron chi connectivity index (χ0n) is 15.8. The van der Waals surface area contributed by atoms with Gasteiger partial charge in [0.2, 0.25) is 11.2 Å². The molecule has 4 nitrogen and oxygen atoms in total. The molecule has 0 atom stereocenters. The number of ether oxygens (including phenoxy) is 2. The predicted octanol–water partition coefficient (Wildman–Crippen LogP) is 5.78. The predicted molar refractivity (Wildman–Crippen MR) is 109 cm³/mol. The average Bonchev–Trinajstić information content (AvgIpc) is 2.71. The first kappa shape index (κ1) is 17.9. The van der Waals surface area contributed by atoms with Gasteiger partial charge >= 0.3 is 0 Å². The third kappa shape index (κ3) is 3.91. The maximum atomic E-state index is 12.7. The molecule has 0 aliphatic carbocycles. The van der Waals surface area contributed by atoms with E-state index in [0.717, 1.165) is 11.1 Å².